The maximum Gasteiger partial charge on any atom is 0.335 e. The fourth-order valence-corrected chi connectivity index (χ4v) is 4.20. The Labute approximate surface area is 188 Å². The molecule has 2 N–H and O–H groups in total. The Bertz CT molecular complexity index is 1070. The summed E-state index contributed by atoms with van der Waals surface area (Å²) in [7, 11) is 0. The monoisotopic (exact) mass is 457 g/mol. The Morgan fingerprint density at radius 2 is 2.00 bits per heavy atom. The second-order valence-corrected chi connectivity index (χ2v) is 8.38. The van der Waals surface area contributed by atoms with E-state index < -0.39 is 11.2 Å². The number of carbonyl (C=O) groups excluding carboxylic acids is 2. The number of benzene rings is 2. The lowest BCUT2D eigenvalue weighted by atomic mass is 10.2. The van der Waals surface area contributed by atoms with E-state index in [0.717, 1.165) is 5.56 Å². The fraction of sp³-hybridized carbons (Fsp3) is 0.182. The molecular formula is C22H20ClN3O4S. The van der Waals surface area contributed by atoms with Gasteiger partial charge in [-0.15, -0.1) is 6.58 Å². The summed E-state index contributed by atoms with van der Waals surface area (Å²) in [5.74, 6) is -1.62. The largest absolute Gasteiger partial charge is 0.478 e. The molecule has 0 bridgehead atoms. The molecule has 7 nitrogen and oxygen atoms in total. The van der Waals surface area contributed by atoms with Crippen molar-refractivity contribution in [1.29, 1.82) is 0 Å². The average molecular weight is 458 g/mol. The number of carbonyl (C=O) groups is 3. The molecule has 0 aliphatic carbocycles. The number of carboxylic acids is 1. The van der Waals surface area contributed by atoms with E-state index in [1.165, 1.54) is 40.9 Å². The van der Waals surface area contributed by atoms with Gasteiger partial charge in [0.2, 0.25) is 11.8 Å². The topological polar surface area (TPSA) is 99.1 Å². The molecule has 9 heteroatoms. The molecule has 1 saturated heterocycles. The van der Waals surface area contributed by atoms with Crippen LogP contribution in [0.5, 0.6) is 0 Å². The summed E-state index contributed by atoms with van der Waals surface area (Å²) >= 11 is 7.38. The molecule has 1 fully saturated rings. The fourth-order valence-electron chi connectivity index (χ4n) is 2.86. The van der Waals surface area contributed by atoms with Crippen LogP contribution in [0.3, 0.4) is 0 Å². The zero-order valence-corrected chi connectivity index (χ0v) is 18.2. The van der Waals surface area contributed by atoms with E-state index in [2.05, 4.69) is 16.9 Å². The molecule has 2 aromatic carbocycles. The van der Waals surface area contributed by atoms with Crippen molar-refractivity contribution in [2.45, 2.75) is 18.6 Å². The summed E-state index contributed by atoms with van der Waals surface area (Å²) in [4.78, 5) is 42.2. The number of nitrogens with one attached hydrogen (secondary N) is 1. The Hall–Kier alpha value is -3.10. The zero-order valence-electron chi connectivity index (χ0n) is 16.7. The lowest BCUT2D eigenvalue weighted by Crippen LogP contribution is -2.33. The maximum absolute atomic E-state index is 12.8. The van der Waals surface area contributed by atoms with Gasteiger partial charge in [0.05, 0.1) is 11.3 Å². The van der Waals surface area contributed by atoms with Gasteiger partial charge in [0.15, 0.2) is 5.17 Å². The van der Waals surface area contributed by atoms with Gasteiger partial charge in [0.1, 0.15) is 5.25 Å². The zero-order chi connectivity index (χ0) is 22.5. The number of aliphatic imine (C=N–C) groups is 1. The third-order valence-corrected chi connectivity index (χ3v) is 6.08. The Morgan fingerprint density at radius 3 is 2.61 bits per heavy atom. The van der Waals surface area contributed by atoms with Crippen LogP contribution in [0.2, 0.25) is 5.02 Å². The first kappa shape index (κ1) is 22.6. The highest BCUT2D eigenvalue weighted by Crippen LogP contribution is 2.32. The molecule has 0 spiro atoms. The molecule has 1 atom stereocenters. The van der Waals surface area contributed by atoms with E-state index in [4.69, 9.17) is 16.7 Å². The highest BCUT2D eigenvalue weighted by molar-refractivity contribution is 8.15. The summed E-state index contributed by atoms with van der Waals surface area (Å²) in [6.07, 6.45) is 1.55. The predicted octanol–water partition coefficient (Wildman–Crippen LogP) is 4.49. The molecule has 2 aromatic rings. The van der Waals surface area contributed by atoms with Crippen molar-refractivity contribution in [3.63, 3.8) is 0 Å². The van der Waals surface area contributed by atoms with Gasteiger partial charge in [-0.1, -0.05) is 35.5 Å². The lowest BCUT2D eigenvalue weighted by molar-refractivity contribution is -0.127. The van der Waals surface area contributed by atoms with Crippen LogP contribution < -0.4 is 5.32 Å². The molecule has 0 unspecified atom stereocenters. The third-order valence-electron chi connectivity index (χ3n) is 4.50. The summed E-state index contributed by atoms with van der Waals surface area (Å²) in [6.45, 7) is 5.85. The maximum atomic E-state index is 12.8. The van der Waals surface area contributed by atoms with Gasteiger partial charge < -0.3 is 10.4 Å². The molecule has 1 heterocycles. The first-order chi connectivity index (χ1) is 14.8. The molecule has 1 aliphatic rings. The number of carboxylic acid groups (broad SMARTS) is 1. The molecule has 0 aromatic heterocycles. The Morgan fingerprint density at radius 1 is 1.29 bits per heavy atom. The van der Waals surface area contributed by atoms with Crippen molar-refractivity contribution in [2.24, 2.45) is 4.99 Å². The molecule has 31 heavy (non-hydrogen) atoms. The van der Waals surface area contributed by atoms with Gasteiger partial charge >= 0.3 is 5.97 Å². The van der Waals surface area contributed by atoms with Gasteiger partial charge in [-0.3, -0.25) is 14.5 Å². The first-order valence-electron chi connectivity index (χ1n) is 9.35. The average Bonchev–Trinajstić information content (AvgIpc) is 3.00. The number of aryl methyl sites for hydroxylation is 1. The predicted molar refractivity (Wildman–Crippen MR) is 123 cm³/mol. The van der Waals surface area contributed by atoms with Crippen LogP contribution in [-0.2, 0) is 9.59 Å². The number of aromatic carboxylic acids is 1. The van der Waals surface area contributed by atoms with Crippen LogP contribution in [0.4, 0.5) is 11.4 Å². The summed E-state index contributed by atoms with van der Waals surface area (Å²) < 4.78 is 0. The van der Waals surface area contributed by atoms with Gasteiger partial charge in [-0.05, 0) is 48.9 Å². The minimum absolute atomic E-state index is 0.0501. The van der Waals surface area contributed by atoms with Crippen molar-refractivity contribution in [2.75, 3.05) is 11.9 Å². The smallest absolute Gasteiger partial charge is 0.335 e. The van der Waals surface area contributed by atoms with Crippen LogP contribution in [-0.4, -0.2) is 44.8 Å². The number of thioether (sulfide) groups is 1. The summed E-state index contributed by atoms with van der Waals surface area (Å²) in [5, 5.41) is 12.1. The first-order valence-corrected chi connectivity index (χ1v) is 10.6. The second-order valence-electron chi connectivity index (χ2n) is 6.81. The number of halogens is 1. The SMILES string of the molecule is C=CCN1C(=O)[C@H](CC(=O)Nc2ccc(C(=O)O)cc2)SC1=Nc1ccc(C)c(Cl)c1. The minimum Gasteiger partial charge on any atom is -0.478 e. The van der Waals surface area contributed by atoms with Gasteiger partial charge in [-0.25, -0.2) is 9.79 Å². The Balaban J connectivity index is 1.72. The molecule has 1 aliphatic heterocycles. The number of anilines is 1. The molecule has 160 valence electrons. The van der Waals surface area contributed by atoms with Crippen molar-refractivity contribution < 1.29 is 19.5 Å². The van der Waals surface area contributed by atoms with Crippen molar-refractivity contribution in [3.05, 3.63) is 71.3 Å². The number of hydrogen-bond donors (Lipinski definition) is 2. The summed E-state index contributed by atoms with van der Waals surface area (Å²) in [5.41, 5.74) is 2.12. The van der Waals surface area contributed by atoms with Gasteiger partial charge in [-0.2, -0.15) is 0 Å². The van der Waals surface area contributed by atoms with Crippen LogP contribution >= 0.6 is 23.4 Å². The number of nitrogens with zero attached hydrogens (tertiary/aromatic N) is 2. The molecular weight excluding hydrogens is 438 g/mol. The van der Waals surface area contributed by atoms with Gasteiger partial charge in [0.25, 0.3) is 0 Å². The number of hydrogen-bond acceptors (Lipinski definition) is 5. The summed E-state index contributed by atoms with van der Waals surface area (Å²) in [6, 6.07) is 11.2. The molecule has 0 saturated carbocycles. The molecule has 0 radical (unpaired) electrons. The lowest BCUT2D eigenvalue weighted by Gasteiger charge is -2.14. The van der Waals surface area contributed by atoms with E-state index in [9.17, 15) is 14.4 Å². The van der Waals surface area contributed by atoms with Crippen LogP contribution in [0.1, 0.15) is 22.3 Å². The molecule has 3 rings (SSSR count). The van der Waals surface area contributed by atoms with Crippen LogP contribution in [0.25, 0.3) is 0 Å². The van der Waals surface area contributed by atoms with Crippen molar-refractivity contribution in [3.8, 4) is 0 Å². The van der Waals surface area contributed by atoms with E-state index in [-0.39, 0.29) is 30.3 Å². The quantitative estimate of drug-likeness (QED) is 0.596. The Kier molecular flexibility index (Phi) is 7.14. The standard InChI is InChI=1S/C22H20ClN3O4S/c1-3-10-26-20(28)18(31-22(26)25-16-7-4-13(2)17(23)11-16)12-19(27)24-15-8-5-14(6-9-15)21(29)30/h3-9,11,18H,1,10,12H2,2H3,(H,24,27)(H,29,30)/t18-/m0/s1. The molecule has 2 amide bonds. The van der Waals surface area contributed by atoms with E-state index >= 15 is 0 Å². The van der Waals surface area contributed by atoms with E-state index in [0.29, 0.717) is 21.6 Å². The number of amidine groups is 1. The highest BCUT2D eigenvalue weighted by atomic mass is 35.5. The van der Waals surface area contributed by atoms with Crippen molar-refractivity contribution >= 4 is 57.7 Å². The minimum atomic E-state index is -1.05. The second kappa shape index (κ2) is 9.80. The number of amides is 2. The third kappa shape index (κ3) is 5.53. The van der Waals surface area contributed by atoms with Crippen molar-refractivity contribution in [1.82, 2.24) is 4.90 Å². The van der Waals surface area contributed by atoms with E-state index in [1.54, 1.807) is 12.1 Å². The highest BCUT2D eigenvalue weighted by Gasteiger charge is 2.38. The normalized spacial score (nSPS) is 17.1. The number of rotatable bonds is 7. The van der Waals surface area contributed by atoms with Crippen LogP contribution in [0.15, 0.2) is 60.1 Å². The van der Waals surface area contributed by atoms with E-state index in [1.807, 2.05) is 19.1 Å². The van der Waals surface area contributed by atoms with Gasteiger partial charge in [0, 0.05) is 23.7 Å². The van der Waals surface area contributed by atoms with Crippen LogP contribution in [0, 0.1) is 6.92 Å².